The summed E-state index contributed by atoms with van der Waals surface area (Å²) in [5.41, 5.74) is 6.75. The minimum atomic E-state index is -1.20. The van der Waals surface area contributed by atoms with Crippen LogP contribution in [0.25, 0.3) is 6.08 Å². The maximum Gasteiger partial charge on any atom is 0.166 e. The fourth-order valence-electron chi connectivity index (χ4n) is 4.71. The lowest BCUT2D eigenvalue weighted by Gasteiger charge is -2.31. The number of benzene rings is 2. The molecular weight excluding hydrogens is 402 g/mol. The number of hydrogen-bond acceptors (Lipinski definition) is 5. The predicted molar refractivity (Wildman–Crippen MR) is 125 cm³/mol. The van der Waals surface area contributed by atoms with Gasteiger partial charge in [-0.25, -0.2) is 0 Å². The molecule has 0 bridgehead atoms. The van der Waals surface area contributed by atoms with Crippen molar-refractivity contribution >= 4 is 17.8 Å². The molecule has 4 rings (SSSR count). The van der Waals surface area contributed by atoms with Crippen LogP contribution in [0.15, 0.2) is 35.3 Å². The number of aliphatic imine (C=N–C) groups is 1. The average Bonchev–Trinajstić information content (AvgIpc) is 3.01. The zero-order chi connectivity index (χ0) is 23.3. The molecule has 2 aromatic rings. The Morgan fingerprint density at radius 3 is 2.62 bits per heavy atom. The minimum Gasteiger partial charge on any atom is -0.545 e. The van der Waals surface area contributed by atoms with Gasteiger partial charge >= 0.3 is 0 Å². The van der Waals surface area contributed by atoms with Gasteiger partial charge in [0.25, 0.3) is 0 Å². The molecule has 0 radical (unpaired) electrons. The highest BCUT2D eigenvalue weighted by Gasteiger charge is 2.39. The van der Waals surface area contributed by atoms with E-state index in [1.807, 2.05) is 26.0 Å². The molecule has 5 nitrogen and oxygen atoms in total. The first-order valence-corrected chi connectivity index (χ1v) is 11.1. The molecule has 5 heteroatoms. The third-order valence-corrected chi connectivity index (χ3v) is 5.92. The summed E-state index contributed by atoms with van der Waals surface area (Å²) in [5.74, 6) is 0.431. The van der Waals surface area contributed by atoms with Gasteiger partial charge < -0.3 is 19.4 Å². The Kier molecular flexibility index (Phi) is 5.40. The molecule has 0 aliphatic carbocycles. The second-order valence-corrected chi connectivity index (χ2v) is 9.86. The summed E-state index contributed by atoms with van der Waals surface area (Å²) in [6, 6.07) is 8.14. The Balaban J connectivity index is 1.89. The van der Waals surface area contributed by atoms with Gasteiger partial charge in [-0.05, 0) is 82.9 Å². The fourth-order valence-corrected chi connectivity index (χ4v) is 4.71. The largest absolute Gasteiger partial charge is 0.545 e. The Morgan fingerprint density at radius 1 is 1.22 bits per heavy atom. The van der Waals surface area contributed by atoms with Gasteiger partial charge in [-0.2, -0.15) is 0 Å². The second kappa shape index (κ2) is 7.80. The van der Waals surface area contributed by atoms with E-state index < -0.39 is 5.97 Å². The van der Waals surface area contributed by atoms with Gasteiger partial charge in [-0.1, -0.05) is 18.2 Å². The number of ether oxygens (including phenoxy) is 2. The monoisotopic (exact) mass is 432 g/mol. The summed E-state index contributed by atoms with van der Waals surface area (Å²) >= 11 is 0. The van der Waals surface area contributed by atoms with E-state index in [1.54, 1.807) is 6.08 Å². The lowest BCUT2D eigenvalue weighted by atomic mass is 9.80. The van der Waals surface area contributed by atoms with E-state index in [-0.39, 0.29) is 11.1 Å². The van der Waals surface area contributed by atoms with Crippen molar-refractivity contribution in [3.63, 3.8) is 0 Å². The smallest absolute Gasteiger partial charge is 0.166 e. The highest BCUT2D eigenvalue weighted by atomic mass is 16.5. The molecule has 2 aliphatic rings. The number of carbonyl (C=O) groups excluding carboxylic acids is 1. The number of aryl methyl sites for hydroxylation is 1. The minimum absolute atomic E-state index is 0.253. The van der Waals surface area contributed by atoms with Gasteiger partial charge in [0, 0.05) is 23.1 Å². The highest BCUT2D eigenvalue weighted by Crippen LogP contribution is 2.48. The molecule has 0 saturated carbocycles. The predicted octanol–water partition coefficient (Wildman–Crippen LogP) is 4.04. The summed E-state index contributed by atoms with van der Waals surface area (Å²) in [7, 11) is 0. The highest BCUT2D eigenvalue weighted by molar-refractivity contribution is 6.16. The van der Waals surface area contributed by atoms with Crippen LogP contribution in [0.1, 0.15) is 68.0 Å². The van der Waals surface area contributed by atoms with Crippen molar-refractivity contribution in [1.29, 1.82) is 0 Å². The van der Waals surface area contributed by atoms with Crippen LogP contribution >= 0.6 is 0 Å². The molecule has 0 amide bonds. The summed E-state index contributed by atoms with van der Waals surface area (Å²) in [6.45, 7) is 13.0. The normalized spacial score (nSPS) is 18.0. The van der Waals surface area contributed by atoms with E-state index in [2.05, 4.69) is 39.8 Å². The van der Waals surface area contributed by atoms with Crippen molar-refractivity contribution in [2.75, 3.05) is 6.61 Å². The number of nitrogens with zero attached hydrogens (tertiary/aromatic N) is 1. The van der Waals surface area contributed by atoms with Crippen molar-refractivity contribution in [3.8, 4) is 11.5 Å². The Hall–Kier alpha value is -3.08. The number of aliphatic carboxylic acids is 1. The van der Waals surface area contributed by atoms with Crippen molar-refractivity contribution < 1.29 is 19.4 Å². The topological polar surface area (TPSA) is 71.0 Å². The number of hydrogen-bond donors (Lipinski definition) is 0. The first kappa shape index (κ1) is 22.1. The first-order valence-electron chi connectivity index (χ1n) is 11.1. The van der Waals surface area contributed by atoms with Crippen LogP contribution in [0.4, 0.5) is 0 Å². The van der Waals surface area contributed by atoms with Gasteiger partial charge in [0.05, 0.1) is 23.8 Å². The number of carboxylic acid groups (broad SMARTS) is 1. The maximum absolute atomic E-state index is 10.8. The Morgan fingerprint density at radius 2 is 1.97 bits per heavy atom. The zero-order valence-corrected chi connectivity index (χ0v) is 19.7. The van der Waals surface area contributed by atoms with Crippen molar-refractivity contribution in [2.24, 2.45) is 4.99 Å². The van der Waals surface area contributed by atoms with E-state index in [4.69, 9.17) is 14.5 Å². The van der Waals surface area contributed by atoms with Crippen LogP contribution in [0.2, 0.25) is 0 Å². The zero-order valence-electron chi connectivity index (χ0n) is 19.7. The molecule has 0 N–H and O–H groups in total. The van der Waals surface area contributed by atoms with Gasteiger partial charge in [0.2, 0.25) is 0 Å². The van der Waals surface area contributed by atoms with E-state index in [1.165, 1.54) is 5.56 Å². The molecule has 2 aromatic carbocycles. The SMILES string of the molecule is CCOc1cc2c(c3c1OC(C)(C)C3)C(c1ccc(/C=C/C(=O)[O-])c(C)c1)=NC(C)(C)C2. The number of rotatable bonds is 5. The maximum atomic E-state index is 10.8. The molecule has 0 unspecified atom stereocenters. The van der Waals surface area contributed by atoms with Crippen LogP contribution in [-0.2, 0) is 17.6 Å². The lowest BCUT2D eigenvalue weighted by Crippen LogP contribution is -2.30. The number of carbonyl (C=O) groups is 1. The summed E-state index contributed by atoms with van der Waals surface area (Å²) in [4.78, 5) is 16.0. The average molecular weight is 433 g/mol. The fraction of sp³-hybridized carbons (Fsp3) is 0.407. The molecule has 0 spiro atoms. The van der Waals surface area contributed by atoms with Crippen LogP contribution in [-0.4, -0.2) is 29.4 Å². The van der Waals surface area contributed by atoms with Crippen LogP contribution in [0.3, 0.4) is 0 Å². The molecule has 0 saturated heterocycles. The molecular formula is C27H30NO4-. The summed E-state index contributed by atoms with van der Waals surface area (Å²) in [5, 5.41) is 10.8. The molecule has 0 aromatic heterocycles. The third kappa shape index (κ3) is 4.16. The third-order valence-electron chi connectivity index (χ3n) is 5.92. The summed E-state index contributed by atoms with van der Waals surface area (Å²) < 4.78 is 12.3. The second-order valence-electron chi connectivity index (χ2n) is 9.86. The van der Waals surface area contributed by atoms with Gasteiger partial charge in [-0.3, -0.25) is 4.99 Å². The van der Waals surface area contributed by atoms with Gasteiger partial charge in [0.1, 0.15) is 5.60 Å². The number of fused-ring (bicyclic) bond motifs is 3. The molecule has 32 heavy (non-hydrogen) atoms. The summed E-state index contributed by atoms with van der Waals surface area (Å²) in [6.07, 6.45) is 4.24. The van der Waals surface area contributed by atoms with E-state index in [9.17, 15) is 9.90 Å². The molecule has 2 aliphatic heterocycles. The number of carboxylic acids is 1. The van der Waals surface area contributed by atoms with Crippen molar-refractivity contribution in [3.05, 3.63) is 63.7 Å². The molecule has 2 heterocycles. The van der Waals surface area contributed by atoms with Crippen LogP contribution < -0.4 is 14.6 Å². The van der Waals surface area contributed by atoms with Crippen LogP contribution in [0, 0.1) is 6.92 Å². The Labute approximate surface area is 189 Å². The lowest BCUT2D eigenvalue weighted by molar-refractivity contribution is -0.297. The van der Waals surface area contributed by atoms with Crippen LogP contribution in [0.5, 0.6) is 11.5 Å². The van der Waals surface area contributed by atoms with Crippen molar-refractivity contribution in [1.82, 2.24) is 0 Å². The van der Waals surface area contributed by atoms with Crippen molar-refractivity contribution in [2.45, 2.75) is 65.5 Å². The van der Waals surface area contributed by atoms with E-state index in [0.717, 1.165) is 63.9 Å². The Bertz CT molecular complexity index is 1150. The van der Waals surface area contributed by atoms with Gasteiger partial charge in [0.15, 0.2) is 11.5 Å². The van der Waals surface area contributed by atoms with E-state index in [0.29, 0.717) is 6.61 Å². The quantitative estimate of drug-likeness (QED) is 0.669. The molecule has 0 fully saturated rings. The first-order chi connectivity index (χ1) is 15.0. The van der Waals surface area contributed by atoms with Gasteiger partial charge in [-0.15, -0.1) is 0 Å². The molecule has 168 valence electrons. The van der Waals surface area contributed by atoms with E-state index >= 15 is 0 Å². The standard InChI is InChI=1S/C27H31NO4/c1-7-31-21-13-19-14-26(3,4)28-24(23(19)20-15-27(5,6)32-25(20)21)18-9-8-17(16(2)12-18)10-11-22(29)30/h8-13H,7,14-15H2,1-6H3,(H,29,30)/p-1/b11-10+. The molecule has 0 atom stereocenters.